The number of hydrogen-bond donors (Lipinski definition) is 0. The van der Waals surface area contributed by atoms with E-state index in [1.165, 1.54) is 0 Å². The summed E-state index contributed by atoms with van der Waals surface area (Å²) in [5.41, 5.74) is 0. The van der Waals surface area contributed by atoms with Crippen LogP contribution in [0.5, 0.6) is 0 Å². The molecule has 2 aliphatic rings. The third-order valence-corrected chi connectivity index (χ3v) is 5.07. The lowest BCUT2D eigenvalue weighted by atomic mass is 10.2. The van der Waals surface area contributed by atoms with Gasteiger partial charge in [0, 0.05) is 45.3 Å². The van der Waals surface area contributed by atoms with E-state index in [1.807, 2.05) is 11.0 Å². The summed E-state index contributed by atoms with van der Waals surface area (Å²) in [5, 5.41) is 0. The number of carbonyl (C=O) groups excluding carboxylic acids is 1. The summed E-state index contributed by atoms with van der Waals surface area (Å²) in [5.74, 6) is 2.11. The second-order valence-corrected chi connectivity index (χ2v) is 7.00. The molecule has 0 aliphatic carbocycles. The quantitative estimate of drug-likeness (QED) is 0.745. The van der Waals surface area contributed by atoms with E-state index in [9.17, 15) is 4.79 Å². The monoisotopic (exact) mass is 421 g/mol. The first-order valence-corrected chi connectivity index (χ1v) is 9.44. The molecule has 0 saturated carbocycles. The van der Waals surface area contributed by atoms with Crippen LogP contribution in [0, 0.1) is 0 Å². The van der Waals surface area contributed by atoms with E-state index < -0.39 is 0 Å². The van der Waals surface area contributed by atoms with E-state index in [0.717, 1.165) is 51.0 Å². The topological polar surface area (TPSA) is 74.9 Å². The smallest absolute Gasteiger partial charge is 0.289 e. The first-order valence-electron chi connectivity index (χ1n) is 8.65. The van der Waals surface area contributed by atoms with Gasteiger partial charge in [-0.3, -0.25) is 4.79 Å². The van der Waals surface area contributed by atoms with Gasteiger partial charge < -0.3 is 23.9 Å². The van der Waals surface area contributed by atoms with E-state index in [1.54, 1.807) is 18.5 Å². The van der Waals surface area contributed by atoms with Crippen molar-refractivity contribution in [3.63, 3.8) is 0 Å². The SMILES string of the molecule is O=C(c1ccc(Br)o1)N1CCN(c2cc(N3CCOCC3)ncn2)CC1. The molecule has 2 fully saturated rings. The molecule has 2 saturated heterocycles. The summed E-state index contributed by atoms with van der Waals surface area (Å²) >= 11 is 3.23. The number of ether oxygens (including phenoxy) is 1. The minimum Gasteiger partial charge on any atom is -0.444 e. The molecular weight excluding hydrogens is 402 g/mol. The zero-order valence-corrected chi connectivity index (χ0v) is 15.9. The van der Waals surface area contributed by atoms with Crippen LogP contribution in [0.4, 0.5) is 11.6 Å². The highest BCUT2D eigenvalue weighted by Crippen LogP contribution is 2.21. The molecule has 26 heavy (non-hydrogen) atoms. The average molecular weight is 422 g/mol. The number of hydrogen-bond acceptors (Lipinski definition) is 7. The van der Waals surface area contributed by atoms with E-state index in [2.05, 4.69) is 35.7 Å². The Bertz CT molecular complexity index is 769. The molecule has 8 nitrogen and oxygen atoms in total. The fraction of sp³-hybridized carbons (Fsp3) is 0.471. The number of anilines is 2. The molecule has 0 bridgehead atoms. The third-order valence-electron chi connectivity index (χ3n) is 4.65. The molecule has 2 aromatic heterocycles. The van der Waals surface area contributed by atoms with Gasteiger partial charge in [-0.25, -0.2) is 9.97 Å². The number of nitrogens with zero attached hydrogens (tertiary/aromatic N) is 5. The van der Waals surface area contributed by atoms with Crippen molar-refractivity contribution in [3.8, 4) is 0 Å². The van der Waals surface area contributed by atoms with Gasteiger partial charge >= 0.3 is 0 Å². The molecule has 138 valence electrons. The molecule has 0 aromatic carbocycles. The van der Waals surface area contributed by atoms with Crippen LogP contribution in [0.15, 0.2) is 33.6 Å². The summed E-state index contributed by atoms with van der Waals surface area (Å²) in [7, 11) is 0. The van der Waals surface area contributed by atoms with Gasteiger partial charge in [-0.1, -0.05) is 0 Å². The Balaban J connectivity index is 1.39. The lowest BCUT2D eigenvalue weighted by Crippen LogP contribution is -2.49. The fourth-order valence-corrected chi connectivity index (χ4v) is 3.51. The first kappa shape index (κ1) is 17.3. The van der Waals surface area contributed by atoms with Gasteiger partial charge in [-0.05, 0) is 28.1 Å². The molecule has 2 aliphatic heterocycles. The maximum atomic E-state index is 12.5. The molecular formula is C17H20BrN5O3. The van der Waals surface area contributed by atoms with Gasteiger partial charge in [0.05, 0.1) is 13.2 Å². The zero-order valence-electron chi connectivity index (χ0n) is 14.3. The maximum Gasteiger partial charge on any atom is 0.289 e. The molecule has 0 spiro atoms. The van der Waals surface area contributed by atoms with Crippen molar-refractivity contribution < 1.29 is 13.9 Å². The Morgan fingerprint density at radius 2 is 1.62 bits per heavy atom. The van der Waals surface area contributed by atoms with E-state index in [0.29, 0.717) is 23.5 Å². The minimum atomic E-state index is -0.0768. The van der Waals surface area contributed by atoms with Crippen molar-refractivity contribution in [1.82, 2.24) is 14.9 Å². The van der Waals surface area contributed by atoms with Gasteiger partial charge in [0.25, 0.3) is 5.91 Å². The normalized spacial score (nSPS) is 18.3. The minimum absolute atomic E-state index is 0.0768. The molecule has 1 amide bonds. The second-order valence-electron chi connectivity index (χ2n) is 6.22. The summed E-state index contributed by atoms with van der Waals surface area (Å²) < 4.78 is 11.3. The molecule has 2 aromatic rings. The lowest BCUT2D eigenvalue weighted by molar-refractivity contribution is 0.0713. The van der Waals surface area contributed by atoms with Gasteiger partial charge in [0.1, 0.15) is 18.0 Å². The van der Waals surface area contributed by atoms with Crippen LogP contribution in [-0.2, 0) is 4.74 Å². The van der Waals surface area contributed by atoms with Crippen molar-refractivity contribution in [2.24, 2.45) is 0 Å². The molecule has 0 atom stereocenters. The van der Waals surface area contributed by atoms with Crippen LogP contribution in [0.1, 0.15) is 10.6 Å². The Morgan fingerprint density at radius 1 is 0.962 bits per heavy atom. The van der Waals surface area contributed by atoms with Gasteiger partial charge in [0.2, 0.25) is 0 Å². The lowest BCUT2D eigenvalue weighted by Gasteiger charge is -2.35. The standard InChI is InChI=1S/C17H20BrN5O3/c18-14-2-1-13(26-14)17(24)23-5-3-21(4-6-23)15-11-16(20-12-19-15)22-7-9-25-10-8-22/h1-2,11-12H,3-10H2. The number of aromatic nitrogens is 2. The van der Waals surface area contributed by atoms with Crippen molar-refractivity contribution in [2.75, 3.05) is 62.3 Å². The number of piperazine rings is 1. The predicted octanol–water partition coefficient (Wildman–Crippen LogP) is 1.63. The van der Waals surface area contributed by atoms with Crippen LogP contribution in [0.3, 0.4) is 0 Å². The number of morpholine rings is 1. The highest BCUT2D eigenvalue weighted by Gasteiger charge is 2.25. The number of halogens is 1. The van der Waals surface area contributed by atoms with Crippen LogP contribution in [-0.4, -0.2) is 73.3 Å². The van der Waals surface area contributed by atoms with Crippen molar-refractivity contribution >= 4 is 33.5 Å². The Morgan fingerprint density at radius 3 is 2.23 bits per heavy atom. The van der Waals surface area contributed by atoms with E-state index in [4.69, 9.17) is 9.15 Å². The third kappa shape index (κ3) is 3.68. The second kappa shape index (κ2) is 7.63. The molecule has 0 radical (unpaired) electrons. The van der Waals surface area contributed by atoms with Crippen molar-refractivity contribution in [1.29, 1.82) is 0 Å². The Labute approximate surface area is 159 Å². The largest absolute Gasteiger partial charge is 0.444 e. The summed E-state index contributed by atoms with van der Waals surface area (Å²) in [6, 6.07) is 5.45. The predicted molar refractivity (Wildman–Crippen MR) is 99.6 cm³/mol. The molecule has 4 heterocycles. The zero-order chi connectivity index (χ0) is 17.9. The summed E-state index contributed by atoms with van der Waals surface area (Å²) in [6.45, 7) is 5.86. The Hall–Kier alpha value is -2.13. The molecule has 0 unspecified atom stereocenters. The van der Waals surface area contributed by atoms with Gasteiger partial charge in [-0.2, -0.15) is 0 Å². The summed E-state index contributed by atoms with van der Waals surface area (Å²) in [6.07, 6.45) is 1.61. The van der Waals surface area contributed by atoms with Crippen LogP contribution >= 0.6 is 15.9 Å². The highest BCUT2D eigenvalue weighted by atomic mass is 79.9. The molecule has 0 N–H and O–H groups in total. The van der Waals surface area contributed by atoms with Crippen molar-refractivity contribution in [2.45, 2.75) is 0 Å². The maximum absolute atomic E-state index is 12.5. The first-order chi connectivity index (χ1) is 12.7. The number of carbonyl (C=O) groups is 1. The van der Waals surface area contributed by atoms with Crippen LogP contribution in [0.2, 0.25) is 0 Å². The van der Waals surface area contributed by atoms with Crippen LogP contribution in [0.25, 0.3) is 0 Å². The van der Waals surface area contributed by atoms with Crippen molar-refractivity contribution in [3.05, 3.63) is 35.0 Å². The van der Waals surface area contributed by atoms with E-state index in [-0.39, 0.29) is 5.91 Å². The van der Waals surface area contributed by atoms with Gasteiger partial charge in [-0.15, -0.1) is 0 Å². The average Bonchev–Trinajstić information content (AvgIpc) is 3.15. The Kier molecular flexibility index (Phi) is 5.07. The number of furan rings is 1. The highest BCUT2D eigenvalue weighted by molar-refractivity contribution is 9.10. The number of rotatable bonds is 3. The number of amides is 1. The molecule has 4 rings (SSSR count). The summed E-state index contributed by atoms with van der Waals surface area (Å²) in [4.78, 5) is 27.5. The van der Waals surface area contributed by atoms with E-state index >= 15 is 0 Å². The van der Waals surface area contributed by atoms with Gasteiger partial charge in [0.15, 0.2) is 10.4 Å². The van der Waals surface area contributed by atoms with Crippen LogP contribution < -0.4 is 9.80 Å². The fourth-order valence-electron chi connectivity index (χ4n) is 3.20. The molecule has 9 heteroatoms.